The highest BCUT2D eigenvalue weighted by atomic mass is 35.5. The molecule has 0 radical (unpaired) electrons. The molecule has 0 saturated heterocycles. The second kappa shape index (κ2) is 7.53. The molecule has 0 aliphatic heterocycles. The Labute approximate surface area is 153 Å². The molecule has 0 unspecified atom stereocenters. The summed E-state index contributed by atoms with van der Waals surface area (Å²) in [5, 5.41) is 5.68. The molecule has 10 heteroatoms. The maximum atomic E-state index is 12.8. The van der Waals surface area contributed by atoms with Gasteiger partial charge in [-0.25, -0.2) is 14.8 Å². The van der Waals surface area contributed by atoms with Crippen LogP contribution in [0.4, 0.5) is 23.8 Å². The van der Waals surface area contributed by atoms with Crippen molar-refractivity contribution >= 4 is 34.4 Å². The molecule has 0 saturated carbocycles. The third kappa shape index (κ3) is 5.62. The third-order valence-electron chi connectivity index (χ3n) is 3.08. The Morgan fingerprint density at radius 2 is 1.88 bits per heavy atom. The minimum absolute atomic E-state index is 0.0717. The smallest absolute Gasteiger partial charge is 0.416 e. The molecule has 2 aromatic rings. The summed E-state index contributed by atoms with van der Waals surface area (Å²) in [6.07, 6.45) is -5.05. The average Bonchev–Trinajstić information content (AvgIpc) is 2.48. The Kier molecular flexibility index (Phi) is 5.80. The van der Waals surface area contributed by atoms with E-state index in [1.54, 1.807) is 20.8 Å². The number of rotatable bonds is 4. The molecule has 0 aliphatic carbocycles. The van der Waals surface area contributed by atoms with Crippen LogP contribution in [0, 0.1) is 0 Å². The number of benzene rings is 1. The number of alkyl halides is 3. The van der Waals surface area contributed by atoms with Gasteiger partial charge in [0, 0.05) is 18.5 Å². The molecule has 0 aliphatic rings. The standard InChI is InChI=1S/C16H18ClF3N4O2/c1-15(2,3)26-14(25)22-7-6-21-12-10-5-4-9(16(18,19)20)8-11(10)23-13(17)24-12/h4-5,8H,6-7H2,1-3H3,(H,22,25)(H,21,23,24). The molecule has 6 nitrogen and oxygen atoms in total. The molecule has 0 bridgehead atoms. The number of halogens is 4. The van der Waals surface area contributed by atoms with Crippen molar-refractivity contribution in [1.82, 2.24) is 15.3 Å². The summed E-state index contributed by atoms with van der Waals surface area (Å²) in [5.74, 6) is 0.278. The summed E-state index contributed by atoms with van der Waals surface area (Å²) in [4.78, 5) is 19.4. The summed E-state index contributed by atoms with van der Waals surface area (Å²) >= 11 is 5.79. The second-order valence-corrected chi connectivity index (χ2v) is 6.76. The predicted octanol–water partition coefficient (Wildman–Crippen LogP) is 4.24. The van der Waals surface area contributed by atoms with Crippen molar-refractivity contribution in [3.8, 4) is 0 Å². The molecule has 0 fully saturated rings. The van der Waals surface area contributed by atoms with Gasteiger partial charge in [0.05, 0.1) is 11.1 Å². The van der Waals surface area contributed by atoms with Crippen molar-refractivity contribution in [3.05, 3.63) is 29.0 Å². The van der Waals surface area contributed by atoms with Gasteiger partial charge in [-0.05, 0) is 50.6 Å². The normalized spacial score (nSPS) is 12.1. The maximum Gasteiger partial charge on any atom is 0.416 e. The highest BCUT2D eigenvalue weighted by Crippen LogP contribution is 2.32. The quantitative estimate of drug-likeness (QED) is 0.603. The van der Waals surface area contributed by atoms with Gasteiger partial charge in [0.15, 0.2) is 0 Å². The fourth-order valence-corrected chi connectivity index (χ4v) is 2.25. The number of hydrogen-bond acceptors (Lipinski definition) is 5. The molecular formula is C16H18ClF3N4O2. The van der Waals surface area contributed by atoms with Crippen LogP contribution in [0.3, 0.4) is 0 Å². The SMILES string of the molecule is CC(C)(C)OC(=O)NCCNc1nc(Cl)nc2cc(C(F)(F)F)ccc12. The van der Waals surface area contributed by atoms with Crippen molar-refractivity contribution in [2.75, 3.05) is 18.4 Å². The maximum absolute atomic E-state index is 12.8. The van der Waals surface area contributed by atoms with Crippen LogP contribution in [-0.2, 0) is 10.9 Å². The number of anilines is 1. The number of ether oxygens (including phenoxy) is 1. The van der Waals surface area contributed by atoms with Gasteiger partial charge in [-0.3, -0.25) is 0 Å². The van der Waals surface area contributed by atoms with Crippen LogP contribution in [0.25, 0.3) is 10.9 Å². The molecule has 1 heterocycles. The van der Waals surface area contributed by atoms with Crippen molar-refractivity contribution in [3.63, 3.8) is 0 Å². The van der Waals surface area contributed by atoms with Gasteiger partial charge in [0.1, 0.15) is 11.4 Å². The number of hydrogen-bond donors (Lipinski definition) is 2. The van der Waals surface area contributed by atoms with Crippen LogP contribution < -0.4 is 10.6 Å². The lowest BCUT2D eigenvalue weighted by molar-refractivity contribution is -0.137. The molecule has 0 spiro atoms. The van der Waals surface area contributed by atoms with E-state index < -0.39 is 23.4 Å². The largest absolute Gasteiger partial charge is 0.444 e. The second-order valence-electron chi connectivity index (χ2n) is 6.43. The van der Waals surface area contributed by atoms with E-state index >= 15 is 0 Å². The van der Waals surface area contributed by atoms with Gasteiger partial charge < -0.3 is 15.4 Å². The number of aromatic nitrogens is 2. The Bertz CT molecular complexity index is 806. The summed E-state index contributed by atoms with van der Waals surface area (Å²) in [6.45, 7) is 5.72. The van der Waals surface area contributed by atoms with Gasteiger partial charge >= 0.3 is 12.3 Å². The third-order valence-corrected chi connectivity index (χ3v) is 3.25. The molecule has 0 atom stereocenters. The fraction of sp³-hybridized carbons (Fsp3) is 0.438. The zero-order chi connectivity index (χ0) is 19.5. The number of alkyl carbamates (subject to hydrolysis) is 1. The molecular weight excluding hydrogens is 373 g/mol. The Morgan fingerprint density at radius 3 is 2.50 bits per heavy atom. The van der Waals surface area contributed by atoms with E-state index in [4.69, 9.17) is 16.3 Å². The van der Waals surface area contributed by atoms with Crippen molar-refractivity contribution in [2.45, 2.75) is 32.5 Å². The van der Waals surface area contributed by atoms with Crippen LogP contribution in [0.2, 0.25) is 5.28 Å². The number of carbonyl (C=O) groups is 1. The highest BCUT2D eigenvalue weighted by molar-refractivity contribution is 6.28. The van der Waals surface area contributed by atoms with Gasteiger partial charge in [-0.15, -0.1) is 0 Å². The summed E-state index contributed by atoms with van der Waals surface area (Å²) in [5.41, 5.74) is -1.36. The first-order valence-corrected chi connectivity index (χ1v) is 8.09. The van der Waals surface area contributed by atoms with Crippen LogP contribution in [0.15, 0.2) is 18.2 Å². The summed E-state index contributed by atoms with van der Waals surface area (Å²) in [6, 6.07) is 3.13. The number of carbonyl (C=O) groups excluding carboxylic acids is 1. The number of nitrogens with one attached hydrogen (secondary N) is 2. The molecule has 1 amide bonds. The number of nitrogens with zero attached hydrogens (tertiary/aromatic N) is 2. The van der Waals surface area contributed by atoms with E-state index in [-0.39, 0.29) is 29.7 Å². The Balaban J connectivity index is 2.07. The first-order chi connectivity index (χ1) is 12.0. The molecule has 2 rings (SSSR count). The van der Waals surface area contributed by atoms with E-state index in [9.17, 15) is 18.0 Å². The van der Waals surface area contributed by atoms with Crippen LogP contribution >= 0.6 is 11.6 Å². The van der Waals surface area contributed by atoms with Crippen molar-refractivity contribution in [2.24, 2.45) is 0 Å². The van der Waals surface area contributed by atoms with E-state index in [0.29, 0.717) is 5.39 Å². The van der Waals surface area contributed by atoms with E-state index in [1.807, 2.05) is 0 Å². The minimum atomic E-state index is -4.48. The zero-order valence-corrected chi connectivity index (χ0v) is 15.1. The predicted molar refractivity (Wildman–Crippen MR) is 92.3 cm³/mol. The topological polar surface area (TPSA) is 76.1 Å². The summed E-state index contributed by atoms with van der Waals surface area (Å²) in [7, 11) is 0. The summed E-state index contributed by atoms with van der Waals surface area (Å²) < 4.78 is 43.5. The molecule has 142 valence electrons. The van der Waals surface area contributed by atoms with Gasteiger partial charge in [0.25, 0.3) is 0 Å². The first-order valence-electron chi connectivity index (χ1n) is 7.71. The van der Waals surface area contributed by atoms with Crippen LogP contribution in [0.5, 0.6) is 0 Å². The lowest BCUT2D eigenvalue weighted by Gasteiger charge is -2.19. The molecule has 1 aromatic heterocycles. The molecule has 2 N–H and O–H groups in total. The number of fused-ring (bicyclic) bond motifs is 1. The fourth-order valence-electron chi connectivity index (χ4n) is 2.07. The van der Waals surface area contributed by atoms with Crippen molar-refractivity contribution in [1.29, 1.82) is 0 Å². The van der Waals surface area contributed by atoms with Gasteiger partial charge in [-0.2, -0.15) is 13.2 Å². The number of amides is 1. The van der Waals surface area contributed by atoms with E-state index in [0.717, 1.165) is 12.1 Å². The van der Waals surface area contributed by atoms with E-state index in [2.05, 4.69) is 20.6 Å². The van der Waals surface area contributed by atoms with E-state index in [1.165, 1.54) is 6.07 Å². The monoisotopic (exact) mass is 390 g/mol. The van der Waals surface area contributed by atoms with Crippen LogP contribution in [-0.4, -0.2) is 34.8 Å². The van der Waals surface area contributed by atoms with Gasteiger partial charge in [-0.1, -0.05) is 0 Å². The lowest BCUT2D eigenvalue weighted by Crippen LogP contribution is -2.35. The van der Waals surface area contributed by atoms with Crippen LogP contribution in [0.1, 0.15) is 26.3 Å². The van der Waals surface area contributed by atoms with Crippen molar-refractivity contribution < 1.29 is 22.7 Å². The Morgan fingerprint density at radius 1 is 1.19 bits per heavy atom. The molecule has 1 aromatic carbocycles. The minimum Gasteiger partial charge on any atom is -0.444 e. The zero-order valence-electron chi connectivity index (χ0n) is 14.4. The molecule has 26 heavy (non-hydrogen) atoms. The van der Waals surface area contributed by atoms with Gasteiger partial charge in [0.2, 0.25) is 5.28 Å². The average molecular weight is 391 g/mol. The first kappa shape index (κ1) is 20.0. The lowest BCUT2D eigenvalue weighted by atomic mass is 10.1. The Hall–Kier alpha value is -2.29. The highest BCUT2D eigenvalue weighted by Gasteiger charge is 2.30.